The van der Waals surface area contributed by atoms with E-state index in [0.29, 0.717) is 6.54 Å². The molecule has 1 heterocycles. The summed E-state index contributed by atoms with van der Waals surface area (Å²) < 4.78 is 13.2. The predicted molar refractivity (Wildman–Crippen MR) is 61.2 cm³/mol. The van der Waals surface area contributed by atoms with E-state index in [2.05, 4.69) is 10.2 Å². The van der Waals surface area contributed by atoms with Crippen LogP contribution in [0.15, 0.2) is 12.1 Å². The largest absolute Gasteiger partial charge is 0.504 e. The fraction of sp³-hybridized carbons (Fsp3) is 0.455. The summed E-state index contributed by atoms with van der Waals surface area (Å²) >= 11 is 5.72. The average Bonchev–Trinajstić information content (AvgIpc) is 2.27. The van der Waals surface area contributed by atoms with Gasteiger partial charge in [-0.15, -0.1) is 0 Å². The normalized spacial score (nSPS) is 17.6. The van der Waals surface area contributed by atoms with Crippen molar-refractivity contribution >= 4 is 11.6 Å². The second-order valence-electron chi connectivity index (χ2n) is 3.93. The van der Waals surface area contributed by atoms with E-state index >= 15 is 0 Å². The van der Waals surface area contributed by atoms with Crippen LogP contribution in [0.5, 0.6) is 5.75 Å². The van der Waals surface area contributed by atoms with Crippen molar-refractivity contribution in [2.45, 2.75) is 6.54 Å². The third-order valence-electron chi connectivity index (χ3n) is 2.69. The van der Waals surface area contributed by atoms with Gasteiger partial charge in [0.25, 0.3) is 0 Å². The van der Waals surface area contributed by atoms with Crippen molar-refractivity contribution in [3.05, 3.63) is 28.5 Å². The third-order valence-corrected chi connectivity index (χ3v) is 2.98. The lowest BCUT2D eigenvalue weighted by molar-refractivity contribution is 0.233. The molecule has 1 aliphatic heterocycles. The lowest BCUT2D eigenvalue weighted by Crippen LogP contribution is -2.42. The van der Waals surface area contributed by atoms with Crippen molar-refractivity contribution < 1.29 is 9.50 Å². The van der Waals surface area contributed by atoms with Crippen LogP contribution in [0, 0.1) is 5.82 Å². The highest BCUT2D eigenvalue weighted by Gasteiger charge is 2.13. The Morgan fingerprint density at radius 2 is 2.06 bits per heavy atom. The van der Waals surface area contributed by atoms with Crippen LogP contribution in [-0.4, -0.2) is 36.2 Å². The number of hydrogen-bond acceptors (Lipinski definition) is 3. The molecule has 0 atom stereocenters. The van der Waals surface area contributed by atoms with Crippen LogP contribution >= 0.6 is 11.6 Å². The SMILES string of the molecule is Oc1c(F)cc(CN2CCNCC2)cc1Cl. The molecule has 88 valence electrons. The number of nitrogens with one attached hydrogen (secondary N) is 1. The summed E-state index contributed by atoms with van der Waals surface area (Å²) in [7, 11) is 0. The maximum absolute atomic E-state index is 13.2. The van der Waals surface area contributed by atoms with Gasteiger partial charge in [0.15, 0.2) is 11.6 Å². The molecule has 0 spiro atoms. The van der Waals surface area contributed by atoms with E-state index in [1.807, 2.05) is 0 Å². The molecule has 2 rings (SSSR count). The Labute approximate surface area is 98.8 Å². The van der Waals surface area contributed by atoms with Crippen LogP contribution in [0.25, 0.3) is 0 Å². The predicted octanol–water partition coefficient (Wildman–Crippen LogP) is 1.59. The van der Waals surface area contributed by atoms with Gasteiger partial charge in [-0.05, 0) is 17.7 Å². The zero-order valence-corrected chi connectivity index (χ0v) is 9.60. The molecule has 16 heavy (non-hydrogen) atoms. The van der Waals surface area contributed by atoms with Crippen molar-refractivity contribution in [3.8, 4) is 5.75 Å². The third kappa shape index (κ3) is 2.64. The molecule has 1 aromatic rings. The van der Waals surface area contributed by atoms with Gasteiger partial charge in [-0.1, -0.05) is 11.6 Å². The number of halogens is 2. The number of hydrogen-bond donors (Lipinski definition) is 2. The van der Waals surface area contributed by atoms with Gasteiger partial charge in [0, 0.05) is 32.7 Å². The van der Waals surface area contributed by atoms with Crippen LogP contribution in [0.1, 0.15) is 5.56 Å². The first kappa shape index (κ1) is 11.6. The van der Waals surface area contributed by atoms with E-state index in [-0.39, 0.29) is 5.02 Å². The van der Waals surface area contributed by atoms with E-state index < -0.39 is 11.6 Å². The number of nitrogens with zero attached hydrogens (tertiary/aromatic N) is 1. The van der Waals surface area contributed by atoms with Gasteiger partial charge in [0.2, 0.25) is 0 Å². The zero-order valence-electron chi connectivity index (χ0n) is 8.84. The summed E-state index contributed by atoms with van der Waals surface area (Å²) in [6.45, 7) is 4.46. The quantitative estimate of drug-likeness (QED) is 0.830. The van der Waals surface area contributed by atoms with Crippen molar-refractivity contribution in [2.75, 3.05) is 26.2 Å². The topological polar surface area (TPSA) is 35.5 Å². The molecule has 2 N–H and O–H groups in total. The van der Waals surface area contributed by atoms with Crippen LogP contribution in [-0.2, 0) is 6.54 Å². The number of piperazine rings is 1. The molecule has 1 saturated heterocycles. The van der Waals surface area contributed by atoms with E-state index in [4.69, 9.17) is 11.6 Å². The van der Waals surface area contributed by atoms with Gasteiger partial charge in [-0.2, -0.15) is 0 Å². The molecule has 1 aromatic carbocycles. The number of phenolic OH excluding ortho intramolecular Hbond substituents is 1. The first-order valence-corrected chi connectivity index (χ1v) is 5.64. The Hall–Kier alpha value is -0.840. The van der Waals surface area contributed by atoms with Gasteiger partial charge in [0.05, 0.1) is 5.02 Å². The lowest BCUT2D eigenvalue weighted by Gasteiger charge is -2.27. The molecule has 0 amide bonds. The molecule has 0 aromatic heterocycles. The van der Waals surface area contributed by atoms with Gasteiger partial charge in [-0.3, -0.25) is 4.90 Å². The summed E-state index contributed by atoms with van der Waals surface area (Å²) in [6, 6.07) is 2.95. The lowest BCUT2D eigenvalue weighted by atomic mass is 10.2. The van der Waals surface area contributed by atoms with E-state index in [1.54, 1.807) is 6.07 Å². The Bertz CT molecular complexity index is 357. The summed E-state index contributed by atoms with van der Waals surface area (Å²) in [4.78, 5) is 2.22. The smallest absolute Gasteiger partial charge is 0.170 e. The number of aromatic hydroxyl groups is 1. The summed E-state index contributed by atoms with van der Waals surface area (Å²) in [5.41, 5.74) is 0.794. The summed E-state index contributed by atoms with van der Waals surface area (Å²) in [5, 5.41) is 12.5. The van der Waals surface area contributed by atoms with Gasteiger partial charge >= 0.3 is 0 Å². The maximum atomic E-state index is 13.2. The highest BCUT2D eigenvalue weighted by Crippen LogP contribution is 2.28. The minimum absolute atomic E-state index is 0.0742. The highest BCUT2D eigenvalue weighted by atomic mass is 35.5. The second kappa shape index (κ2) is 4.99. The van der Waals surface area contributed by atoms with Crippen molar-refractivity contribution in [1.82, 2.24) is 10.2 Å². The molecule has 0 unspecified atom stereocenters. The van der Waals surface area contributed by atoms with Crippen LogP contribution in [0.4, 0.5) is 4.39 Å². The van der Waals surface area contributed by atoms with Crippen LogP contribution < -0.4 is 5.32 Å². The summed E-state index contributed by atoms with van der Waals surface area (Å²) in [6.07, 6.45) is 0. The molecule has 0 aliphatic carbocycles. The van der Waals surface area contributed by atoms with Crippen LogP contribution in [0.3, 0.4) is 0 Å². The van der Waals surface area contributed by atoms with Gasteiger partial charge in [0.1, 0.15) is 0 Å². The Kier molecular flexibility index (Phi) is 3.63. The molecular formula is C11H14ClFN2O. The maximum Gasteiger partial charge on any atom is 0.170 e. The van der Waals surface area contributed by atoms with Gasteiger partial charge in [-0.25, -0.2) is 4.39 Å². The Morgan fingerprint density at radius 1 is 1.38 bits per heavy atom. The van der Waals surface area contributed by atoms with Crippen molar-refractivity contribution in [2.24, 2.45) is 0 Å². The fourth-order valence-electron chi connectivity index (χ4n) is 1.84. The van der Waals surface area contributed by atoms with E-state index in [0.717, 1.165) is 31.7 Å². The molecular weight excluding hydrogens is 231 g/mol. The first-order valence-electron chi connectivity index (χ1n) is 5.27. The standard InChI is InChI=1S/C11H14ClFN2O/c12-9-5-8(6-10(13)11(9)16)7-15-3-1-14-2-4-15/h5-6,14,16H,1-4,7H2. The minimum Gasteiger partial charge on any atom is -0.504 e. The zero-order chi connectivity index (χ0) is 11.5. The molecule has 0 saturated carbocycles. The number of rotatable bonds is 2. The monoisotopic (exact) mass is 244 g/mol. The second-order valence-corrected chi connectivity index (χ2v) is 4.34. The fourth-order valence-corrected chi connectivity index (χ4v) is 2.07. The molecule has 5 heteroatoms. The average molecular weight is 245 g/mol. The molecule has 0 radical (unpaired) electrons. The Morgan fingerprint density at radius 3 is 2.69 bits per heavy atom. The van der Waals surface area contributed by atoms with E-state index in [1.165, 1.54) is 6.07 Å². The minimum atomic E-state index is -0.655. The Balaban J connectivity index is 2.09. The molecule has 1 fully saturated rings. The highest BCUT2D eigenvalue weighted by molar-refractivity contribution is 6.32. The molecule has 1 aliphatic rings. The van der Waals surface area contributed by atoms with Crippen molar-refractivity contribution in [1.29, 1.82) is 0 Å². The van der Waals surface area contributed by atoms with Gasteiger partial charge < -0.3 is 10.4 Å². The summed E-state index contributed by atoms with van der Waals surface area (Å²) in [5.74, 6) is -1.12. The number of benzene rings is 1. The first-order chi connectivity index (χ1) is 7.66. The molecule has 3 nitrogen and oxygen atoms in total. The number of phenols is 1. The van der Waals surface area contributed by atoms with Crippen LogP contribution in [0.2, 0.25) is 5.02 Å². The van der Waals surface area contributed by atoms with Crippen molar-refractivity contribution in [3.63, 3.8) is 0 Å². The van der Waals surface area contributed by atoms with E-state index in [9.17, 15) is 9.50 Å². The molecule has 0 bridgehead atoms.